The molecule has 0 radical (unpaired) electrons. The normalized spacial score (nSPS) is 13.1. The van der Waals surface area contributed by atoms with Crippen LogP contribution in [-0.4, -0.2) is 46.3 Å². The first-order valence-corrected chi connectivity index (χ1v) is 9.74. The number of hydrogen-bond donors (Lipinski definition) is 2. The van der Waals surface area contributed by atoms with Gasteiger partial charge in [-0.3, -0.25) is 14.6 Å². The molecule has 0 unspecified atom stereocenters. The van der Waals surface area contributed by atoms with Crippen molar-refractivity contribution in [3.8, 4) is 16.8 Å². The van der Waals surface area contributed by atoms with Gasteiger partial charge in [-0.1, -0.05) is 6.07 Å². The number of rotatable bonds is 7. The Morgan fingerprint density at radius 1 is 1.20 bits per heavy atom. The third-order valence-electron chi connectivity index (χ3n) is 4.85. The summed E-state index contributed by atoms with van der Waals surface area (Å²) in [4.78, 5) is 28.3. The molecule has 1 aliphatic carbocycles. The summed E-state index contributed by atoms with van der Waals surface area (Å²) in [6, 6.07) is 7.78. The summed E-state index contributed by atoms with van der Waals surface area (Å²) in [6.45, 7) is 1.98. The fraction of sp³-hybridized carbons (Fsp3) is 0.273. The van der Waals surface area contributed by atoms with Crippen molar-refractivity contribution in [2.75, 3.05) is 19.0 Å². The van der Waals surface area contributed by atoms with Gasteiger partial charge in [0.1, 0.15) is 6.61 Å². The van der Waals surface area contributed by atoms with Crippen LogP contribution in [0.25, 0.3) is 16.8 Å². The van der Waals surface area contributed by atoms with Gasteiger partial charge in [-0.05, 0) is 49.1 Å². The van der Waals surface area contributed by atoms with E-state index in [1.807, 2.05) is 31.3 Å². The maximum absolute atomic E-state index is 12.4. The maximum Gasteiger partial charge on any atom is 0.251 e. The number of pyridine rings is 1. The van der Waals surface area contributed by atoms with E-state index < -0.39 is 0 Å². The molecule has 30 heavy (non-hydrogen) atoms. The van der Waals surface area contributed by atoms with Crippen LogP contribution < -0.4 is 10.6 Å². The molecule has 8 nitrogen and oxygen atoms in total. The van der Waals surface area contributed by atoms with Crippen LogP contribution >= 0.6 is 0 Å². The zero-order chi connectivity index (χ0) is 21.1. The fourth-order valence-corrected chi connectivity index (χ4v) is 3.12. The number of anilines is 1. The number of amides is 2. The Labute approximate surface area is 174 Å². The highest BCUT2D eigenvalue weighted by Crippen LogP contribution is 2.26. The van der Waals surface area contributed by atoms with Gasteiger partial charge in [0.05, 0.1) is 30.0 Å². The first-order chi connectivity index (χ1) is 14.5. The Bertz CT molecular complexity index is 1090. The molecular formula is C22H23N5O3. The second kappa shape index (κ2) is 8.46. The maximum atomic E-state index is 12.4. The number of carbonyl (C=O) groups is 2. The topological polar surface area (TPSA) is 98.1 Å². The lowest BCUT2D eigenvalue weighted by Gasteiger charge is -2.08. The minimum Gasteiger partial charge on any atom is -0.375 e. The summed E-state index contributed by atoms with van der Waals surface area (Å²) in [6.07, 6.45) is 8.96. The highest BCUT2D eigenvalue weighted by molar-refractivity contribution is 5.96. The van der Waals surface area contributed by atoms with E-state index in [-0.39, 0.29) is 18.4 Å². The van der Waals surface area contributed by atoms with Gasteiger partial charge >= 0.3 is 0 Å². The Morgan fingerprint density at radius 2 is 2.03 bits per heavy atom. The van der Waals surface area contributed by atoms with E-state index in [1.54, 1.807) is 29.3 Å². The van der Waals surface area contributed by atoms with E-state index in [0.717, 1.165) is 29.5 Å². The number of methoxy groups -OCH3 is 1. The first kappa shape index (κ1) is 19.8. The smallest absolute Gasteiger partial charge is 0.251 e. The van der Waals surface area contributed by atoms with Gasteiger partial charge in [0.25, 0.3) is 5.91 Å². The standard InChI is InChI=1S/C22H23N5O3/c1-14-3-4-15(22(29)26-17-5-6-17)7-20(14)16-9-24-27(12-16)19-8-18(10-23-11-19)25-21(28)13-30-2/h3-4,7-12,17H,5-6,13H2,1-2H3,(H,25,28)(H,26,29). The van der Waals surface area contributed by atoms with Crippen LogP contribution in [0.3, 0.4) is 0 Å². The van der Waals surface area contributed by atoms with Crippen molar-refractivity contribution >= 4 is 17.5 Å². The van der Waals surface area contributed by atoms with E-state index in [4.69, 9.17) is 4.74 Å². The summed E-state index contributed by atoms with van der Waals surface area (Å²) in [5.74, 6) is -0.302. The van der Waals surface area contributed by atoms with E-state index >= 15 is 0 Å². The predicted molar refractivity (Wildman–Crippen MR) is 113 cm³/mol. The van der Waals surface area contributed by atoms with E-state index in [2.05, 4.69) is 20.7 Å². The molecule has 0 saturated heterocycles. The van der Waals surface area contributed by atoms with Crippen LogP contribution in [0.5, 0.6) is 0 Å². The van der Waals surface area contributed by atoms with E-state index in [1.165, 1.54) is 7.11 Å². The van der Waals surface area contributed by atoms with Crippen molar-refractivity contribution in [2.45, 2.75) is 25.8 Å². The quantitative estimate of drug-likeness (QED) is 0.630. The number of hydrogen-bond acceptors (Lipinski definition) is 5. The summed E-state index contributed by atoms with van der Waals surface area (Å²) in [5.41, 5.74) is 4.79. The molecular weight excluding hydrogens is 382 g/mol. The average Bonchev–Trinajstić information content (AvgIpc) is 3.40. The summed E-state index contributed by atoms with van der Waals surface area (Å²) in [7, 11) is 1.46. The molecule has 2 heterocycles. The molecule has 154 valence electrons. The molecule has 2 aromatic heterocycles. The average molecular weight is 405 g/mol. The number of nitrogens with one attached hydrogen (secondary N) is 2. The number of ether oxygens (including phenoxy) is 1. The van der Waals surface area contributed by atoms with Gasteiger partial charge in [0, 0.05) is 30.5 Å². The Hall–Kier alpha value is -3.52. The van der Waals surface area contributed by atoms with Crippen molar-refractivity contribution < 1.29 is 14.3 Å². The van der Waals surface area contributed by atoms with Gasteiger partial charge in [-0.2, -0.15) is 5.10 Å². The van der Waals surface area contributed by atoms with Crippen LogP contribution in [0.1, 0.15) is 28.8 Å². The lowest BCUT2D eigenvalue weighted by atomic mass is 10.0. The molecule has 1 aliphatic rings. The van der Waals surface area contributed by atoms with Gasteiger partial charge in [-0.25, -0.2) is 4.68 Å². The zero-order valence-corrected chi connectivity index (χ0v) is 16.9. The highest BCUT2D eigenvalue weighted by atomic mass is 16.5. The minimum absolute atomic E-state index is 0.0277. The fourth-order valence-electron chi connectivity index (χ4n) is 3.12. The lowest BCUT2D eigenvalue weighted by Crippen LogP contribution is -2.25. The number of carbonyl (C=O) groups excluding carboxylic acids is 2. The molecule has 3 aromatic rings. The Kier molecular flexibility index (Phi) is 5.58. The monoisotopic (exact) mass is 405 g/mol. The van der Waals surface area contributed by atoms with Crippen molar-refractivity contribution in [2.24, 2.45) is 0 Å². The predicted octanol–water partition coefficient (Wildman–Crippen LogP) is 2.72. The summed E-state index contributed by atoms with van der Waals surface area (Å²) in [5, 5.41) is 10.2. The number of aryl methyl sites for hydroxylation is 1. The second-order valence-corrected chi connectivity index (χ2v) is 7.36. The first-order valence-electron chi connectivity index (χ1n) is 9.74. The van der Waals surface area contributed by atoms with Gasteiger partial charge in [-0.15, -0.1) is 0 Å². The van der Waals surface area contributed by atoms with Crippen molar-refractivity contribution in [1.29, 1.82) is 0 Å². The highest BCUT2D eigenvalue weighted by Gasteiger charge is 2.24. The van der Waals surface area contributed by atoms with Crippen LogP contribution in [0.2, 0.25) is 0 Å². The number of benzene rings is 1. The molecule has 0 atom stereocenters. The Morgan fingerprint density at radius 3 is 2.80 bits per heavy atom. The lowest BCUT2D eigenvalue weighted by molar-refractivity contribution is -0.119. The molecule has 4 rings (SSSR count). The van der Waals surface area contributed by atoms with Crippen molar-refractivity contribution in [3.05, 3.63) is 60.2 Å². The Balaban J connectivity index is 1.57. The van der Waals surface area contributed by atoms with E-state index in [0.29, 0.717) is 23.0 Å². The molecule has 8 heteroatoms. The third-order valence-corrected chi connectivity index (χ3v) is 4.85. The molecule has 0 bridgehead atoms. The molecule has 1 saturated carbocycles. The molecule has 0 aliphatic heterocycles. The van der Waals surface area contributed by atoms with Crippen molar-refractivity contribution in [1.82, 2.24) is 20.1 Å². The summed E-state index contributed by atoms with van der Waals surface area (Å²) < 4.78 is 6.51. The van der Waals surface area contributed by atoms with E-state index in [9.17, 15) is 9.59 Å². The summed E-state index contributed by atoms with van der Waals surface area (Å²) >= 11 is 0. The van der Waals surface area contributed by atoms with Crippen LogP contribution in [0.4, 0.5) is 5.69 Å². The SMILES string of the molecule is COCC(=O)Nc1cncc(-n2cc(-c3cc(C(=O)NC4CC4)ccc3C)cn2)c1. The van der Waals surface area contributed by atoms with Gasteiger partial charge in [0.2, 0.25) is 5.91 Å². The molecule has 2 amide bonds. The largest absolute Gasteiger partial charge is 0.375 e. The zero-order valence-electron chi connectivity index (χ0n) is 16.9. The van der Waals surface area contributed by atoms with Gasteiger partial charge in [0.15, 0.2) is 0 Å². The molecule has 0 spiro atoms. The van der Waals surface area contributed by atoms with Gasteiger partial charge < -0.3 is 15.4 Å². The van der Waals surface area contributed by atoms with Crippen LogP contribution in [-0.2, 0) is 9.53 Å². The molecule has 1 fully saturated rings. The minimum atomic E-state index is -0.255. The third kappa shape index (κ3) is 4.55. The number of aromatic nitrogens is 3. The van der Waals surface area contributed by atoms with Crippen LogP contribution in [0, 0.1) is 6.92 Å². The van der Waals surface area contributed by atoms with Crippen molar-refractivity contribution in [3.63, 3.8) is 0 Å². The molecule has 2 N–H and O–H groups in total. The molecule has 1 aromatic carbocycles. The number of nitrogens with zero attached hydrogens (tertiary/aromatic N) is 3. The van der Waals surface area contributed by atoms with Crippen LogP contribution in [0.15, 0.2) is 49.1 Å². The second-order valence-electron chi connectivity index (χ2n) is 7.36.